The van der Waals surface area contributed by atoms with Crippen molar-refractivity contribution in [3.63, 3.8) is 0 Å². The van der Waals surface area contributed by atoms with Gasteiger partial charge < -0.3 is 5.32 Å². The van der Waals surface area contributed by atoms with E-state index >= 15 is 0 Å². The van der Waals surface area contributed by atoms with E-state index in [0.29, 0.717) is 30.8 Å². The van der Waals surface area contributed by atoms with Crippen molar-refractivity contribution >= 4 is 43.2 Å². The summed E-state index contributed by atoms with van der Waals surface area (Å²) in [5.74, 6) is -0.170. The molecule has 170 valence electrons. The van der Waals surface area contributed by atoms with Crippen LogP contribution in [-0.4, -0.2) is 30.1 Å². The van der Waals surface area contributed by atoms with Gasteiger partial charge in [-0.1, -0.05) is 42.5 Å². The number of hydrogen-bond acceptors (Lipinski definition) is 5. The second kappa shape index (κ2) is 8.92. The molecule has 1 aliphatic rings. The lowest BCUT2D eigenvalue weighted by Crippen LogP contribution is -2.46. The summed E-state index contributed by atoms with van der Waals surface area (Å²) >= 11 is 1.42. The number of amides is 1. The summed E-state index contributed by atoms with van der Waals surface area (Å²) in [5.41, 5.74) is 1.90. The molecule has 0 saturated heterocycles. The Labute approximate surface area is 193 Å². The minimum atomic E-state index is -3.38. The normalized spacial score (nSPS) is 19.7. The molecule has 1 heterocycles. The highest BCUT2D eigenvalue weighted by molar-refractivity contribution is 7.90. The van der Waals surface area contributed by atoms with Gasteiger partial charge in [-0.2, -0.15) is 0 Å². The molecule has 1 aliphatic carbocycles. The molecule has 0 bridgehead atoms. The van der Waals surface area contributed by atoms with Crippen LogP contribution < -0.4 is 10.0 Å². The zero-order valence-corrected chi connectivity index (χ0v) is 20.2. The number of sulfonamides is 1. The molecule has 1 fully saturated rings. The summed E-state index contributed by atoms with van der Waals surface area (Å²) in [5, 5.41) is 7.81. The number of nitrogens with one attached hydrogen (secondary N) is 2. The average Bonchev–Trinajstić information content (AvgIpc) is 3.21. The number of thiazole rings is 1. The number of aromatic nitrogens is 1. The molecule has 8 heteroatoms. The zero-order valence-electron chi connectivity index (χ0n) is 18.6. The molecule has 0 aliphatic heterocycles. The molecule has 3 aromatic rings. The highest BCUT2D eigenvalue weighted by Crippen LogP contribution is 2.32. The number of fused-ring (bicyclic) bond motifs is 1. The Hall–Kier alpha value is -2.29. The van der Waals surface area contributed by atoms with Crippen LogP contribution in [0.25, 0.3) is 22.0 Å². The quantitative estimate of drug-likeness (QED) is 0.537. The van der Waals surface area contributed by atoms with Gasteiger partial charge in [-0.25, -0.2) is 18.1 Å². The minimum absolute atomic E-state index is 0.0408. The predicted molar refractivity (Wildman–Crippen MR) is 131 cm³/mol. The molecule has 0 atom stereocenters. The molecule has 2 aromatic carbocycles. The Morgan fingerprint density at radius 2 is 1.72 bits per heavy atom. The highest BCUT2D eigenvalue weighted by atomic mass is 32.2. The highest BCUT2D eigenvalue weighted by Gasteiger charge is 2.34. The van der Waals surface area contributed by atoms with Crippen LogP contribution in [-0.2, 0) is 14.8 Å². The molecule has 4 rings (SSSR count). The van der Waals surface area contributed by atoms with Crippen molar-refractivity contribution in [1.29, 1.82) is 0 Å². The van der Waals surface area contributed by atoms with Gasteiger partial charge in [-0.15, -0.1) is 11.3 Å². The lowest BCUT2D eigenvalue weighted by Gasteiger charge is -2.30. The summed E-state index contributed by atoms with van der Waals surface area (Å²) in [6, 6.07) is 14.2. The van der Waals surface area contributed by atoms with Gasteiger partial charge in [-0.05, 0) is 57.2 Å². The Balaban J connectivity index is 1.37. The summed E-state index contributed by atoms with van der Waals surface area (Å²) in [6.45, 7) is 5.07. The number of carbonyl (C=O) groups excluding carboxylic acids is 1. The lowest BCUT2D eigenvalue weighted by molar-refractivity contribution is -0.120. The topological polar surface area (TPSA) is 88.2 Å². The molecule has 2 N–H and O–H groups in total. The molecule has 0 unspecified atom stereocenters. The number of carbonyl (C=O) groups is 1. The predicted octanol–water partition coefficient (Wildman–Crippen LogP) is 5.18. The molecule has 0 radical (unpaired) electrons. The van der Waals surface area contributed by atoms with Gasteiger partial charge in [0.05, 0.1) is 10.4 Å². The summed E-state index contributed by atoms with van der Waals surface area (Å²) < 4.78 is 26.7. The van der Waals surface area contributed by atoms with Crippen molar-refractivity contribution < 1.29 is 13.2 Å². The van der Waals surface area contributed by atoms with E-state index in [4.69, 9.17) is 0 Å². The van der Waals surface area contributed by atoms with Gasteiger partial charge >= 0.3 is 0 Å². The second-order valence-corrected chi connectivity index (χ2v) is 12.7. The van der Waals surface area contributed by atoms with Crippen molar-refractivity contribution in [2.75, 3.05) is 5.32 Å². The van der Waals surface area contributed by atoms with Crippen LogP contribution in [0.1, 0.15) is 46.5 Å². The SMILES string of the molecule is CC(C)(C)S(=O)(=O)N[C@H]1CC[C@H](C(=O)Nc2nc(-c3cccc4ccccc34)cs2)CC1. The number of hydrogen-bond donors (Lipinski definition) is 2. The van der Waals surface area contributed by atoms with E-state index in [2.05, 4.69) is 33.2 Å². The maximum atomic E-state index is 12.8. The zero-order chi connectivity index (χ0) is 22.9. The van der Waals surface area contributed by atoms with Crippen LogP contribution in [0.2, 0.25) is 0 Å². The fourth-order valence-electron chi connectivity index (χ4n) is 3.98. The van der Waals surface area contributed by atoms with E-state index in [1.54, 1.807) is 20.8 Å². The first-order chi connectivity index (χ1) is 15.1. The number of nitrogens with zero attached hydrogens (tertiary/aromatic N) is 1. The van der Waals surface area contributed by atoms with E-state index in [-0.39, 0.29) is 17.9 Å². The van der Waals surface area contributed by atoms with Crippen LogP contribution in [0.3, 0.4) is 0 Å². The van der Waals surface area contributed by atoms with Crippen molar-refractivity contribution in [2.24, 2.45) is 5.92 Å². The monoisotopic (exact) mass is 471 g/mol. The standard InChI is InChI=1S/C24H29N3O3S2/c1-24(2,3)32(29,30)27-18-13-11-17(12-14-18)22(28)26-23-25-21(15-31-23)20-10-6-8-16-7-4-5-9-19(16)20/h4-10,15,17-18,27H,11-14H2,1-3H3,(H,25,26,28)/t17-,18-. The first kappa shape index (κ1) is 22.9. The number of anilines is 1. The van der Waals surface area contributed by atoms with Gasteiger partial charge in [0.25, 0.3) is 0 Å². The Bertz CT molecular complexity index is 1220. The molecule has 32 heavy (non-hydrogen) atoms. The lowest BCUT2D eigenvalue weighted by atomic mass is 9.86. The molecule has 1 saturated carbocycles. The van der Waals surface area contributed by atoms with Crippen molar-refractivity contribution in [2.45, 2.75) is 57.2 Å². The largest absolute Gasteiger partial charge is 0.302 e. The van der Waals surface area contributed by atoms with E-state index < -0.39 is 14.8 Å². The molecule has 6 nitrogen and oxygen atoms in total. The summed E-state index contributed by atoms with van der Waals surface area (Å²) in [7, 11) is -3.38. The second-order valence-electron chi connectivity index (χ2n) is 9.34. The van der Waals surface area contributed by atoms with Crippen LogP contribution in [0.5, 0.6) is 0 Å². The van der Waals surface area contributed by atoms with E-state index in [1.807, 2.05) is 29.6 Å². The van der Waals surface area contributed by atoms with Gasteiger partial charge in [-0.3, -0.25) is 4.79 Å². The fraction of sp³-hybridized carbons (Fsp3) is 0.417. The third kappa shape index (κ3) is 4.87. The van der Waals surface area contributed by atoms with E-state index in [0.717, 1.165) is 22.0 Å². The van der Waals surface area contributed by atoms with Crippen molar-refractivity contribution in [3.8, 4) is 11.3 Å². The molecule has 1 amide bonds. The molecule has 0 spiro atoms. The van der Waals surface area contributed by atoms with Crippen molar-refractivity contribution in [3.05, 3.63) is 47.8 Å². The van der Waals surface area contributed by atoms with Crippen LogP contribution in [0.15, 0.2) is 47.8 Å². The fourth-order valence-corrected chi connectivity index (χ4v) is 5.72. The number of rotatable bonds is 5. The van der Waals surface area contributed by atoms with Gasteiger partial charge in [0.15, 0.2) is 5.13 Å². The first-order valence-corrected chi connectivity index (χ1v) is 13.3. The maximum absolute atomic E-state index is 12.8. The van der Waals surface area contributed by atoms with Crippen LogP contribution in [0, 0.1) is 5.92 Å². The third-order valence-corrected chi connectivity index (χ3v) is 9.04. The van der Waals surface area contributed by atoms with E-state index in [1.165, 1.54) is 11.3 Å². The third-order valence-electron chi connectivity index (χ3n) is 6.03. The van der Waals surface area contributed by atoms with Crippen LogP contribution in [0.4, 0.5) is 5.13 Å². The Morgan fingerprint density at radius 3 is 2.44 bits per heavy atom. The smallest absolute Gasteiger partial charge is 0.229 e. The molecule has 1 aromatic heterocycles. The first-order valence-electron chi connectivity index (χ1n) is 10.9. The Morgan fingerprint density at radius 1 is 1.03 bits per heavy atom. The van der Waals surface area contributed by atoms with Gasteiger partial charge in [0.2, 0.25) is 15.9 Å². The minimum Gasteiger partial charge on any atom is -0.302 e. The summed E-state index contributed by atoms with van der Waals surface area (Å²) in [4.78, 5) is 17.4. The Kier molecular flexibility index (Phi) is 6.38. The van der Waals surface area contributed by atoms with Gasteiger partial charge in [0, 0.05) is 22.9 Å². The molecular weight excluding hydrogens is 442 g/mol. The van der Waals surface area contributed by atoms with Crippen LogP contribution >= 0.6 is 11.3 Å². The van der Waals surface area contributed by atoms with E-state index in [9.17, 15) is 13.2 Å². The molecular formula is C24H29N3O3S2. The number of benzene rings is 2. The summed E-state index contributed by atoms with van der Waals surface area (Å²) in [6.07, 6.45) is 2.63. The maximum Gasteiger partial charge on any atom is 0.229 e. The van der Waals surface area contributed by atoms with Crippen molar-refractivity contribution in [1.82, 2.24) is 9.71 Å². The van der Waals surface area contributed by atoms with Gasteiger partial charge in [0.1, 0.15) is 0 Å². The average molecular weight is 472 g/mol.